The number of carboxylic acid groups (broad SMARTS) is 1. The standard InChI is InChI=1S/C22H42O6/c1-2-3-4-5-6-7-8-9-10-11-12-13-14-15-16-17-18-28-22(27)20(24)19(23)21(25)26/h19-20,23-24H,2-18H2,1H3,(H,25,26). The van der Waals surface area contributed by atoms with Gasteiger partial charge in [-0.2, -0.15) is 0 Å². The normalized spacial score (nSPS) is 13.2. The lowest BCUT2D eigenvalue weighted by atomic mass is 10.0. The summed E-state index contributed by atoms with van der Waals surface area (Å²) in [7, 11) is 0. The Morgan fingerprint density at radius 3 is 1.36 bits per heavy atom. The van der Waals surface area contributed by atoms with Crippen LogP contribution in [-0.4, -0.2) is 46.1 Å². The van der Waals surface area contributed by atoms with Crippen molar-refractivity contribution in [2.45, 2.75) is 122 Å². The van der Waals surface area contributed by atoms with Crippen LogP contribution in [0, 0.1) is 0 Å². The van der Waals surface area contributed by atoms with Gasteiger partial charge in [-0.05, 0) is 6.42 Å². The molecule has 6 heteroatoms. The van der Waals surface area contributed by atoms with E-state index in [4.69, 9.17) is 14.9 Å². The van der Waals surface area contributed by atoms with Crippen molar-refractivity contribution in [1.82, 2.24) is 0 Å². The van der Waals surface area contributed by atoms with Crippen LogP contribution in [0.15, 0.2) is 0 Å². The number of aliphatic carboxylic acids is 1. The third kappa shape index (κ3) is 15.9. The van der Waals surface area contributed by atoms with E-state index in [2.05, 4.69) is 6.92 Å². The summed E-state index contributed by atoms with van der Waals surface area (Å²) in [6, 6.07) is 0. The third-order valence-electron chi connectivity index (χ3n) is 5.04. The summed E-state index contributed by atoms with van der Waals surface area (Å²) < 4.78 is 4.78. The number of hydrogen-bond donors (Lipinski definition) is 3. The minimum Gasteiger partial charge on any atom is -0.479 e. The Morgan fingerprint density at radius 1 is 0.643 bits per heavy atom. The molecule has 6 nitrogen and oxygen atoms in total. The van der Waals surface area contributed by atoms with Gasteiger partial charge in [-0.3, -0.25) is 0 Å². The van der Waals surface area contributed by atoms with Gasteiger partial charge in [-0.1, -0.05) is 103 Å². The lowest BCUT2D eigenvalue weighted by Gasteiger charge is -2.13. The molecule has 0 rings (SSSR count). The smallest absolute Gasteiger partial charge is 0.338 e. The topological polar surface area (TPSA) is 104 Å². The quantitative estimate of drug-likeness (QED) is 0.203. The minimum atomic E-state index is -2.14. The highest BCUT2D eigenvalue weighted by atomic mass is 16.5. The first-order chi connectivity index (χ1) is 13.5. The maximum absolute atomic E-state index is 11.4. The van der Waals surface area contributed by atoms with Gasteiger partial charge in [-0.15, -0.1) is 0 Å². The third-order valence-corrected chi connectivity index (χ3v) is 5.04. The SMILES string of the molecule is CCCCCCCCCCCCCCCCCCOC(=O)C(O)C(O)C(=O)O. The summed E-state index contributed by atoms with van der Waals surface area (Å²) in [5.74, 6) is -2.73. The summed E-state index contributed by atoms with van der Waals surface area (Å²) in [6.07, 6.45) is 15.9. The van der Waals surface area contributed by atoms with Crippen LogP contribution in [0.1, 0.15) is 110 Å². The molecule has 0 spiro atoms. The lowest BCUT2D eigenvalue weighted by Crippen LogP contribution is -2.40. The van der Waals surface area contributed by atoms with Crippen molar-refractivity contribution >= 4 is 11.9 Å². The van der Waals surface area contributed by atoms with Gasteiger partial charge in [0, 0.05) is 0 Å². The molecule has 2 unspecified atom stereocenters. The lowest BCUT2D eigenvalue weighted by molar-refractivity contribution is -0.169. The second kappa shape index (κ2) is 19.2. The number of esters is 1. The molecule has 0 aromatic carbocycles. The minimum absolute atomic E-state index is 0.140. The Kier molecular flexibility index (Phi) is 18.4. The van der Waals surface area contributed by atoms with Crippen LogP contribution in [0.4, 0.5) is 0 Å². The van der Waals surface area contributed by atoms with Crippen molar-refractivity contribution in [2.75, 3.05) is 6.61 Å². The van der Waals surface area contributed by atoms with Crippen LogP contribution in [-0.2, 0) is 14.3 Å². The molecule has 0 aromatic heterocycles. The fourth-order valence-corrected chi connectivity index (χ4v) is 3.17. The fourth-order valence-electron chi connectivity index (χ4n) is 3.17. The first-order valence-electron chi connectivity index (χ1n) is 11.3. The molecule has 0 aliphatic heterocycles. The van der Waals surface area contributed by atoms with Crippen LogP contribution >= 0.6 is 0 Å². The van der Waals surface area contributed by atoms with Crippen LogP contribution in [0.2, 0.25) is 0 Å². The summed E-state index contributed by atoms with van der Waals surface area (Å²) in [4.78, 5) is 21.8. The molecule has 0 fully saturated rings. The molecular weight excluding hydrogens is 360 g/mol. The maximum atomic E-state index is 11.4. The van der Waals surface area contributed by atoms with Gasteiger partial charge in [0.15, 0.2) is 12.2 Å². The van der Waals surface area contributed by atoms with E-state index < -0.39 is 24.1 Å². The van der Waals surface area contributed by atoms with E-state index in [0.29, 0.717) is 6.42 Å². The van der Waals surface area contributed by atoms with Gasteiger partial charge >= 0.3 is 11.9 Å². The number of aliphatic hydroxyl groups excluding tert-OH is 2. The van der Waals surface area contributed by atoms with Gasteiger partial charge in [0.1, 0.15) is 0 Å². The molecule has 0 aliphatic rings. The zero-order valence-corrected chi connectivity index (χ0v) is 17.7. The monoisotopic (exact) mass is 402 g/mol. The summed E-state index contributed by atoms with van der Waals surface area (Å²) in [5, 5.41) is 26.8. The Bertz CT molecular complexity index is 385. The van der Waals surface area contributed by atoms with E-state index in [1.165, 1.54) is 83.5 Å². The molecule has 3 N–H and O–H groups in total. The second-order valence-electron chi connectivity index (χ2n) is 7.70. The van der Waals surface area contributed by atoms with Crippen molar-refractivity contribution in [3.05, 3.63) is 0 Å². The summed E-state index contributed by atoms with van der Waals surface area (Å²) in [5.41, 5.74) is 0. The largest absolute Gasteiger partial charge is 0.479 e. The van der Waals surface area contributed by atoms with Gasteiger partial charge < -0.3 is 20.1 Å². The zero-order valence-electron chi connectivity index (χ0n) is 17.7. The summed E-state index contributed by atoms with van der Waals surface area (Å²) >= 11 is 0. The molecule has 0 heterocycles. The van der Waals surface area contributed by atoms with Crippen LogP contribution in [0.3, 0.4) is 0 Å². The van der Waals surface area contributed by atoms with E-state index in [1.54, 1.807) is 0 Å². The predicted octanol–water partition coefficient (Wildman–Crippen LogP) is 4.60. The van der Waals surface area contributed by atoms with E-state index in [1.807, 2.05) is 0 Å². The fraction of sp³-hybridized carbons (Fsp3) is 0.909. The summed E-state index contributed by atoms with van der Waals surface area (Å²) in [6.45, 7) is 2.39. The van der Waals surface area contributed by atoms with Gasteiger partial charge in [0.2, 0.25) is 0 Å². The number of carbonyl (C=O) groups excluding carboxylic acids is 1. The van der Waals surface area contributed by atoms with Crippen molar-refractivity contribution < 1.29 is 29.6 Å². The van der Waals surface area contributed by atoms with E-state index in [-0.39, 0.29) is 6.61 Å². The molecule has 0 aliphatic carbocycles. The highest BCUT2D eigenvalue weighted by Crippen LogP contribution is 2.13. The molecular formula is C22H42O6. The second-order valence-corrected chi connectivity index (χ2v) is 7.70. The van der Waals surface area contributed by atoms with Gasteiger partial charge in [-0.25, -0.2) is 9.59 Å². The Labute approximate surface area is 170 Å². The highest BCUT2D eigenvalue weighted by Gasteiger charge is 2.31. The molecule has 0 amide bonds. The van der Waals surface area contributed by atoms with Crippen LogP contribution < -0.4 is 0 Å². The molecule has 0 bridgehead atoms. The van der Waals surface area contributed by atoms with Crippen molar-refractivity contribution in [3.63, 3.8) is 0 Å². The molecule has 0 saturated heterocycles. The number of unbranched alkanes of at least 4 members (excludes halogenated alkanes) is 15. The van der Waals surface area contributed by atoms with E-state index >= 15 is 0 Å². The van der Waals surface area contributed by atoms with Gasteiger partial charge in [0.05, 0.1) is 6.61 Å². The predicted molar refractivity (Wildman–Crippen MR) is 110 cm³/mol. The zero-order chi connectivity index (χ0) is 21.0. The Morgan fingerprint density at radius 2 is 1.00 bits per heavy atom. The van der Waals surface area contributed by atoms with E-state index in [0.717, 1.165) is 12.8 Å². The molecule has 28 heavy (non-hydrogen) atoms. The number of hydrogen-bond acceptors (Lipinski definition) is 5. The highest BCUT2D eigenvalue weighted by molar-refractivity contribution is 5.84. The average molecular weight is 403 g/mol. The number of carboxylic acids is 1. The number of carbonyl (C=O) groups is 2. The number of aliphatic hydroxyl groups is 2. The average Bonchev–Trinajstić information content (AvgIpc) is 2.68. The number of ether oxygens (including phenoxy) is 1. The van der Waals surface area contributed by atoms with Crippen molar-refractivity contribution in [1.29, 1.82) is 0 Å². The molecule has 0 radical (unpaired) electrons. The van der Waals surface area contributed by atoms with Crippen molar-refractivity contribution in [3.8, 4) is 0 Å². The molecule has 0 aromatic rings. The molecule has 2 atom stereocenters. The first-order valence-corrected chi connectivity index (χ1v) is 11.3. The Balaban J connectivity index is 3.28. The molecule has 166 valence electrons. The van der Waals surface area contributed by atoms with Crippen LogP contribution in [0.25, 0.3) is 0 Å². The van der Waals surface area contributed by atoms with Gasteiger partial charge in [0.25, 0.3) is 0 Å². The van der Waals surface area contributed by atoms with Crippen molar-refractivity contribution in [2.24, 2.45) is 0 Å². The maximum Gasteiger partial charge on any atom is 0.338 e. The van der Waals surface area contributed by atoms with Crippen LogP contribution in [0.5, 0.6) is 0 Å². The van der Waals surface area contributed by atoms with E-state index in [9.17, 15) is 14.7 Å². The first kappa shape index (κ1) is 26.9. The Hall–Kier alpha value is -1.14. The molecule has 0 saturated carbocycles. The number of rotatable bonds is 20.